The minimum atomic E-state index is 0.571. The van der Waals surface area contributed by atoms with Crippen LogP contribution in [0.25, 0.3) is 0 Å². The van der Waals surface area contributed by atoms with Gasteiger partial charge in [-0.1, -0.05) is 42.2 Å². The second-order valence-electron chi connectivity index (χ2n) is 4.95. The smallest absolute Gasteiger partial charge is 0.119 e. The summed E-state index contributed by atoms with van der Waals surface area (Å²) in [4.78, 5) is 0. The number of aryl methyl sites for hydroxylation is 1. The lowest BCUT2D eigenvalue weighted by molar-refractivity contribution is 0.306. The van der Waals surface area contributed by atoms with E-state index in [1.807, 2.05) is 67.8 Å². The van der Waals surface area contributed by atoms with Crippen molar-refractivity contribution in [3.8, 4) is 17.6 Å². The number of nitrogens with zero attached hydrogens (tertiary/aromatic N) is 2. The second-order valence-corrected chi connectivity index (χ2v) is 4.95. The molecule has 3 nitrogen and oxygen atoms in total. The normalized spacial score (nSPS) is 9.86. The van der Waals surface area contributed by atoms with Crippen LogP contribution in [0.4, 0.5) is 0 Å². The Hall–Kier alpha value is -2.99. The van der Waals surface area contributed by atoms with Gasteiger partial charge in [0, 0.05) is 18.8 Å². The van der Waals surface area contributed by atoms with Crippen molar-refractivity contribution in [3.63, 3.8) is 0 Å². The van der Waals surface area contributed by atoms with Gasteiger partial charge < -0.3 is 4.74 Å². The summed E-state index contributed by atoms with van der Waals surface area (Å²) in [5.41, 5.74) is 3.02. The highest BCUT2D eigenvalue weighted by atomic mass is 16.5. The predicted molar refractivity (Wildman–Crippen MR) is 86.4 cm³/mol. The zero-order valence-electron chi connectivity index (χ0n) is 12.4. The third-order valence-electron chi connectivity index (χ3n) is 3.16. The van der Waals surface area contributed by atoms with Gasteiger partial charge in [0.05, 0.1) is 11.8 Å². The molecule has 0 aliphatic rings. The molecule has 0 bridgehead atoms. The Labute approximate surface area is 130 Å². The van der Waals surface area contributed by atoms with Gasteiger partial charge in [-0.05, 0) is 29.8 Å². The van der Waals surface area contributed by atoms with E-state index >= 15 is 0 Å². The highest BCUT2D eigenvalue weighted by Crippen LogP contribution is 2.13. The number of rotatable bonds is 3. The molecular formula is C19H16N2O. The molecule has 3 heteroatoms. The zero-order chi connectivity index (χ0) is 15.2. The lowest BCUT2D eigenvalue weighted by Gasteiger charge is -2.05. The topological polar surface area (TPSA) is 27.1 Å². The summed E-state index contributed by atoms with van der Waals surface area (Å²) in [6.07, 6.45) is 3.65. The maximum absolute atomic E-state index is 5.75. The molecule has 0 atom stereocenters. The van der Waals surface area contributed by atoms with Gasteiger partial charge in [-0.2, -0.15) is 5.10 Å². The third kappa shape index (κ3) is 3.77. The summed E-state index contributed by atoms with van der Waals surface area (Å²) in [6, 6.07) is 17.9. The van der Waals surface area contributed by atoms with Crippen LogP contribution in [0.3, 0.4) is 0 Å². The number of ether oxygens (including phenoxy) is 1. The molecule has 22 heavy (non-hydrogen) atoms. The molecule has 1 heterocycles. The van der Waals surface area contributed by atoms with Crippen LogP contribution in [-0.4, -0.2) is 9.78 Å². The summed E-state index contributed by atoms with van der Waals surface area (Å²) in [6.45, 7) is 0.571. The Morgan fingerprint density at radius 3 is 2.36 bits per heavy atom. The van der Waals surface area contributed by atoms with Crippen LogP contribution in [0.1, 0.15) is 16.7 Å². The molecule has 108 valence electrons. The first-order chi connectivity index (χ1) is 10.8. The number of benzene rings is 2. The van der Waals surface area contributed by atoms with E-state index in [0.29, 0.717) is 6.61 Å². The van der Waals surface area contributed by atoms with Gasteiger partial charge >= 0.3 is 0 Å². The van der Waals surface area contributed by atoms with Crippen LogP contribution in [0, 0.1) is 11.8 Å². The summed E-state index contributed by atoms with van der Waals surface area (Å²) in [7, 11) is 1.88. The van der Waals surface area contributed by atoms with E-state index in [0.717, 1.165) is 22.4 Å². The summed E-state index contributed by atoms with van der Waals surface area (Å²) in [5.74, 6) is 7.04. The van der Waals surface area contributed by atoms with Crippen LogP contribution in [0.5, 0.6) is 5.75 Å². The Kier molecular flexibility index (Phi) is 4.22. The van der Waals surface area contributed by atoms with E-state index in [1.54, 1.807) is 10.9 Å². The predicted octanol–water partition coefficient (Wildman–Crippen LogP) is 3.40. The summed E-state index contributed by atoms with van der Waals surface area (Å²) < 4.78 is 7.49. The molecule has 1 aromatic heterocycles. The highest BCUT2D eigenvalue weighted by molar-refractivity contribution is 5.43. The van der Waals surface area contributed by atoms with Gasteiger partial charge in [0.25, 0.3) is 0 Å². The van der Waals surface area contributed by atoms with E-state index < -0.39 is 0 Å². The molecule has 0 spiro atoms. The van der Waals surface area contributed by atoms with Crippen molar-refractivity contribution in [2.24, 2.45) is 7.05 Å². The lowest BCUT2D eigenvalue weighted by atomic mass is 10.2. The molecule has 0 amide bonds. The standard InChI is InChI=1S/C19H16N2O/c1-21-14-18(13-20-21)8-7-16-9-11-19(12-10-16)22-15-17-5-3-2-4-6-17/h2-6,9-14H,15H2,1H3. The maximum atomic E-state index is 5.75. The molecule has 0 aliphatic carbocycles. The van der Waals surface area contributed by atoms with Crippen LogP contribution in [-0.2, 0) is 13.7 Å². The molecule has 0 fully saturated rings. The Balaban J connectivity index is 1.62. The monoisotopic (exact) mass is 288 g/mol. The first-order valence-corrected chi connectivity index (χ1v) is 7.07. The SMILES string of the molecule is Cn1cc(C#Cc2ccc(OCc3ccccc3)cc2)cn1. The largest absolute Gasteiger partial charge is 0.489 e. The first kappa shape index (κ1) is 14.0. The van der Waals surface area contributed by atoms with Crippen molar-refractivity contribution in [2.45, 2.75) is 6.61 Å². The van der Waals surface area contributed by atoms with Crippen molar-refractivity contribution >= 4 is 0 Å². The maximum Gasteiger partial charge on any atom is 0.119 e. The van der Waals surface area contributed by atoms with Crippen LogP contribution in [0.2, 0.25) is 0 Å². The van der Waals surface area contributed by atoms with Gasteiger partial charge in [-0.25, -0.2) is 0 Å². The van der Waals surface area contributed by atoms with Gasteiger partial charge in [-0.15, -0.1) is 0 Å². The van der Waals surface area contributed by atoms with Crippen LogP contribution < -0.4 is 4.74 Å². The number of aromatic nitrogens is 2. The fraction of sp³-hybridized carbons (Fsp3) is 0.105. The summed E-state index contributed by atoms with van der Waals surface area (Å²) >= 11 is 0. The van der Waals surface area contributed by atoms with Crippen LogP contribution >= 0.6 is 0 Å². The Bertz CT molecular complexity index is 793. The molecule has 0 saturated carbocycles. The molecule has 0 saturated heterocycles. The molecule has 0 N–H and O–H groups in total. The minimum absolute atomic E-state index is 0.571. The van der Waals surface area contributed by atoms with Gasteiger partial charge in [0.15, 0.2) is 0 Å². The number of hydrogen-bond acceptors (Lipinski definition) is 2. The highest BCUT2D eigenvalue weighted by Gasteiger charge is 1.96. The van der Waals surface area contributed by atoms with Crippen molar-refractivity contribution in [2.75, 3.05) is 0 Å². The van der Waals surface area contributed by atoms with Crippen molar-refractivity contribution in [3.05, 3.63) is 83.7 Å². The van der Waals surface area contributed by atoms with Crippen molar-refractivity contribution < 1.29 is 4.74 Å². The van der Waals surface area contributed by atoms with E-state index in [-0.39, 0.29) is 0 Å². The summed E-state index contributed by atoms with van der Waals surface area (Å²) in [5, 5.41) is 4.09. The molecular weight excluding hydrogens is 272 g/mol. The first-order valence-electron chi connectivity index (χ1n) is 7.07. The second kappa shape index (κ2) is 6.64. The van der Waals surface area contributed by atoms with E-state index in [1.165, 1.54) is 0 Å². The van der Waals surface area contributed by atoms with Crippen LogP contribution in [0.15, 0.2) is 67.0 Å². The minimum Gasteiger partial charge on any atom is -0.489 e. The van der Waals surface area contributed by atoms with Crippen molar-refractivity contribution in [1.29, 1.82) is 0 Å². The average Bonchev–Trinajstić information content (AvgIpc) is 2.98. The molecule has 0 unspecified atom stereocenters. The quantitative estimate of drug-likeness (QED) is 0.691. The van der Waals surface area contributed by atoms with E-state index in [4.69, 9.17) is 4.74 Å². The van der Waals surface area contributed by atoms with E-state index in [9.17, 15) is 0 Å². The third-order valence-corrected chi connectivity index (χ3v) is 3.16. The van der Waals surface area contributed by atoms with E-state index in [2.05, 4.69) is 16.9 Å². The molecule has 3 rings (SSSR count). The fourth-order valence-corrected chi connectivity index (χ4v) is 2.01. The Morgan fingerprint density at radius 1 is 0.955 bits per heavy atom. The lowest BCUT2D eigenvalue weighted by Crippen LogP contribution is -1.94. The van der Waals surface area contributed by atoms with Gasteiger partial charge in [0.1, 0.15) is 12.4 Å². The molecule has 2 aromatic carbocycles. The van der Waals surface area contributed by atoms with Crippen molar-refractivity contribution in [1.82, 2.24) is 9.78 Å². The average molecular weight is 288 g/mol. The molecule has 0 aliphatic heterocycles. The zero-order valence-corrected chi connectivity index (χ0v) is 12.4. The fourth-order valence-electron chi connectivity index (χ4n) is 2.01. The molecule has 3 aromatic rings. The van der Waals surface area contributed by atoms with Gasteiger partial charge in [-0.3, -0.25) is 4.68 Å². The van der Waals surface area contributed by atoms with Gasteiger partial charge in [0.2, 0.25) is 0 Å². The number of hydrogen-bond donors (Lipinski definition) is 0. The Morgan fingerprint density at radius 2 is 1.68 bits per heavy atom. The molecule has 0 radical (unpaired) electrons.